The second kappa shape index (κ2) is 13.8. The van der Waals surface area contributed by atoms with E-state index in [0.29, 0.717) is 24.9 Å². The average molecular weight is 497 g/mol. The Hall–Kier alpha value is -3.10. The third-order valence-corrected chi connectivity index (χ3v) is 6.94. The van der Waals surface area contributed by atoms with Crippen LogP contribution in [0.1, 0.15) is 62.9 Å². The molecule has 0 spiro atoms. The van der Waals surface area contributed by atoms with Gasteiger partial charge in [-0.3, -0.25) is 0 Å². The number of carbonyl (C=O) groups excluding carboxylic acids is 2. The highest BCUT2D eigenvalue weighted by Crippen LogP contribution is 2.28. The number of urea groups is 2. The van der Waals surface area contributed by atoms with E-state index >= 15 is 0 Å². The maximum Gasteiger partial charge on any atom is 0.315 e. The molecule has 36 heavy (non-hydrogen) atoms. The SMILES string of the molecule is C[C@H](NC(=O)NC[C@H]1CCC[C@@H](CNC(=O)N[C@@H](C)[C@H](O)c2ccccc2)C1)[C@H](O)c1ccccc1. The van der Waals surface area contributed by atoms with Gasteiger partial charge in [-0.15, -0.1) is 0 Å². The Morgan fingerprint density at radius 2 is 1.14 bits per heavy atom. The van der Waals surface area contributed by atoms with Crippen LogP contribution in [-0.4, -0.2) is 47.4 Å². The van der Waals surface area contributed by atoms with Crippen LogP contribution in [0.2, 0.25) is 0 Å². The van der Waals surface area contributed by atoms with E-state index < -0.39 is 24.3 Å². The van der Waals surface area contributed by atoms with Gasteiger partial charge in [0, 0.05) is 13.1 Å². The number of nitrogens with one attached hydrogen (secondary N) is 4. The summed E-state index contributed by atoms with van der Waals surface area (Å²) in [6.45, 7) is 4.68. The molecule has 6 N–H and O–H groups in total. The number of hydrogen-bond acceptors (Lipinski definition) is 4. The van der Waals surface area contributed by atoms with Crippen molar-refractivity contribution in [1.29, 1.82) is 0 Å². The van der Waals surface area contributed by atoms with Crippen LogP contribution in [0.3, 0.4) is 0 Å². The zero-order chi connectivity index (χ0) is 25.9. The van der Waals surface area contributed by atoms with Crippen molar-refractivity contribution < 1.29 is 19.8 Å². The van der Waals surface area contributed by atoms with Gasteiger partial charge < -0.3 is 31.5 Å². The van der Waals surface area contributed by atoms with E-state index in [1.165, 1.54) is 0 Å². The summed E-state index contributed by atoms with van der Waals surface area (Å²) in [6, 6.07) is 17.1. The molecule has 0 saturated heterocycles. The summed E-state index contributed by atoms with van der Waals surface area (Å²) in [7, 11) is 0. The summed E-state index contributed by atoms with van der Waals surface area (Å²) >= 11 is 0. The lowest BCUT2D eigenvalue weighted by molar-refractivity contribution is 0.136. The largest absolute Gasteiger partial charge is 0.386 e. The summed E-state index contributed by atoms with van der Waals surface area (Å²) in [6.07, 6.45) is 2.49. The standard InChI is InChI=1S/C28H40N4O4/c1-19(25(33)23-12-5-3-6-13-23)31-27(35)29-17-21-10-9-11-22(16-21)18-30-28(36)32-20(2)26(34)24-14-7-4-8-15-24/h3-8,12-15,19-22,25-26,33-34H,9-11,16-18H2,1-2H3,(H2,29,31,35)(H2,30,32,36)/t19-,20-,21-,22+,25-,26-/m0/s1. The molecule has 0 aliphatic heterocycles. The summed E-state index contributed by atoms with van der Waals surface area (Å²) < 4.78 is 0. The van der Waals surface area contributed by atoms with Crippen LogP contribution in [0.5, 0.6) is 0 Å². The molecule has 2 aromatic carbocycles. The molecule has 1 aliphatic carbocycles. The number of carbonyl (C=O) groups is 2. The highest BCUT2D eigenvalue weighted by Gasteiger charge is 2.24. The number of rotatable bonds is 10. The van der Waals surface area contributed by atoms with Crippen LogP contribution in [0.15, 0.2) is 60.7 Å². The van der Waals surface area contributed by atoms with Crippen molar-refractivity contribution in [3.05, 3.63) is 71.8 Å². The summed E-state index contributed by atoms with van der Waals surface area (Å²) in [4.78, 5) is 24.7. The lowest BCUT2D eigenvalue weighted by Gasteiger charge is -2.30. The molecule has 1 fully saturated rings. The van der Waals surface area contributed by atoms with E-state index in [-0.39, 0.29) is 12.1 Å². The molecular formula is C28H40N4O4. The molecule has 0 bridgehead atoms. The van der Waals surface area contributed by atoms with Crippen molar-refractivity contribution in [2.24, 2.45) is 11.8 Å². The minimum Gasteiger partial charge on any atom is -0.386 e. The Bertz CT molecular complexity index is 868. The second-order valence-corrected chi connectivity index (χ2v) is 9.90. The Kier molecular flexibility index (Phi) is 10.6. The van der Waals surface area contributed by atoms with Crippen LogP contribution >= 0.6 is 0 Å². The van der Waals surface area contributed by atoms with Crippen molar-refractivity contribution in [3.63, 3.8) is 0 Å². The average Bonchev–Trinajstić information content (AvgIpc) is 2.91. The molecule has 8 heteroatoms. The van der Waals surface area contributed by atoms with Crippen molar-refractivity contribution in [2.75, 3.05) is 13.1 Å². The summed E-state index contributed by atoms with van der Waals surface area (Å²) in [5.41, 5.74) is 1.53. The van der Waals surface area contributed by atoms with Gasteiger partial charge in [-0.25, -0.2) is 9.59 Å². The van der Waals surface area contributed by atoms with Gasteiger partial charge in [0.2, 0.25) is 0 Å². The van der Waals surface area contributed by atoms with Crippen LogP contribution in [0.4, 0.5) is 9.59 Å². The highest BCUT2D eigenvalue weighted by atomic mass is 16.3. The smallest absolute Gasteiger partial charge is 0.315 e. The molecule has 2 aromatic rings. The van der Waals surface area contributed by atoms with E-state index in [9.17, 15) is 19.8 Å². The normalized spacial score (nSPS) is 20.9. The predicted octanol–water partition coefficient (Wildman–Crippen LogP) is 3.64. The predicted molar refractivity (Wildman–Crippen MR) is 140 cm³/mol. The van der Waals surface area contributed by atoms with Crippen LogP contribution in [-0.2, 0) is 0 Å². The van der Waals surface area contributed by atoms with Crippen LogP contribution in [0.25, 0.3) is 0 Å². The first-order valence-corrected chi connectivity index (χ1v) is 12.9. The number of amides is 4. The second-order valence-electron chi connectivity index (χ2n) is 9.90. The Morgan fingerprint density at radius 1 is 0.750 bits per heavy atom. The van der Waals surface area contributed by atoms with Gasteiger partial charge in [-0.05, 0) is 56.1 Å². The Labute approximate surface area is 213 Å². The van der Waals surface area contributed by atoms with Gasteiger partial charge in [-0.1, -0.05) is 67.1 Å². The number of aliphatic hydroxyl groups is 2. The maximum absolute atomic E-state index is 12.4. The fourth-order valence-corrected chi connectivity index (χ4v) is 4.80. The minimum atomic E-state index is -0.773. The first-order valence-electron chi connectivity index (χ1n) is 12.9. The van der Waals surface area contributed by atoms with Crippen LogP contribution < -0.4 is 21.3 Å². The molecule has 0 heterocycles. The quantitative estimate of drug-likeness (QED) is 0.301. The van der Waals surface area contributed by atoms with E-state index in [1.54, 1.807) is 13.8 Å². The first kappa shape index (κ1) is 27.5. The van der Waals surface area contributed by atoms with Gasteiger partial charge in [-0.2, -0.15) is 0 Å². The zero-order valence-electron chi connectivity index (χ0n) is 21.2. The minimum absolute atomic E-state index is 0.289. The lowest BCUT2D eigenvalue weighted by Crippen LogP contribution is -2.46. The molecule has 3 rings (SSSR count). The molecule has 0 unspecified atom stereocenters. The topological polar surface area (TPSA) is 123 Å². The van der Waals surface area contributed by atoms with Crippen molar-refractivity contribution in [1.82, 2.24) is 21.3 Å². The molecule has 4 amide bonds. The molecule has 0 radical (unpaired) electrons. The molecular weight excluding hydrogens is 456 g/mol. The zero-order valence-corrected chi connectivity index (χ0v) is 21.2. The van der Waals surface area contributed by atoms with Crippen LogP contribution in [0, 0.1) is 11.8 Å². The van der Waals surface area contributed by atoms with Gasteiger partial charge in [0.15, 0.2) is 0 Å². The van der Waals surface area contributed by atoms with E-state index in [4.69, 9.17) is 0 Å². The van der Waals surface area contributed by atoms with Gasteiger partial charge in [0.25, 0.3) is 0 Å². The molecule has 1 saturated carbocycles. The Balaban J connectivity index is 1.35. The molecule has 196 valence electrons. The molecule has 8 nitrogen and oxygen atoms in total. The van der Waals surface area contributed by atoms with E-state index in [1.807, 2.05) is 60.7 Å². The van der Waals surface area contributed by atoms with Crippen molar-refractivity contribution in [3.8, 4) is 0 Å². The van der Waals surface area contributed by atoms with Gasteiger partial charge in [0.1, 0.15) is 0 Å². The fourth-order valence-electron chi connectivity index (χ4n) is 4.80. The molecule has 6 atom stereocenters. The number of hydrogen-bond donors (Lipinski definition) is 6. The maximum atomic E-state index is 12.4. The molecule has 1 aliphatic rings. The summed E-state index contributed by atoms with van der Waals surface area (Å²) in [5, 5.41) is 32.4. The van der Waals surface area contributed by atoms with Gasteiger partial charge in [0.05, 0.1) is 24.3 Å². The summed E-state index contributed by atoms with van der Waals surface area (Å²) in [5.74, 6) is 0.681. The first-order chi connectivity index (χ1) is 17.3. The van der Waals surface area contributed by atoms with Crippen molar-refractivity contribution >= 4 is 12.1 Å². The van der Waals surface area contributed by atoms with E-state index in [2.05, 4.69) is 21.3 Å². The van der Waals surface area contributed by atoms with E-state index in [0.717, 1.165) is 36.8 Å². The number of aliphatic hydroxyl groups excluding tert-OH is 2. The van der Waals surface area contributed by atoms with Gasteiger partial charge >= 0.3 is 12.1 Å². The fraction of sp³-hybridized carbons (Fsp3) is 0.500. The molecule has 0 aromatic heterocycles. The number of benzene rings is 2. The third-order valence-electron chi connectivity index (χ3n) is 6.94. The highest BCUT2D eigenvalue weighted by molar-refractivity contribution is 5.74. The Morgan fingerprint density at radius 3 is 1.53 bits per heavy atom. The monoisotopic (exact) mass is 496 g/mol. The van der Waals surface area contributed by atoms with Crippen molar-refractivity contribution in [2.45, 2.75) is 63.8 Å². The lowest BCUT2D eigenvalue weighted by atomic mass is 9.81. The third kappa shape index (κ3) is 8.53.